The Morgan fingerprint density at radius 1 is 1.00 bits per heavy atom. The third-order valence-electron chi connectivity index (χ3n) is 6.58. The highest BCUT2D eigenvalue weighted by Gasteiger charge is 2.34. The van der Waals surface area contributed by atoms with Gasteiger partial charge in [0.2, 0.25) is 0 Å². The Balaban J connectivity index is 1.62. The van der Waals surface area contributed by atoms with Gasteiger partial charge in [0, 0.05) is 6.42 Å². The topological polar surface area (TPSA) is 35.9 Å². The molecule has 1 saturated heterocycles. The highest BCUT2D eigenvalue weighted by molar-refractivity contribution is 6.03. The minimum absolute atomic E-state index is 0.0302. The number of benzene rings is 2. The summed E-state index contributed by atoms with van der Waals surface area (Å²) in [5.41, 5.74) is 6.99. The van der Waals surface area contributed by atoms with Gasteiger partial charge in [0.25, 0.3) is 5.91 Å². The molecule has 4 heteroatoms. The van der Waals surface area contributed by atoms with E-state index in [4.69, 9.17) is 5.10 Å². The van der Waals surface area contributed by atoms with E-state index in [0.29, 0.717) is 6.54 Å². The van der Waals surface area contributed by atoms with E-state index in [1.807, 2.05) is 0 Å². The molecule has 2 aromatic rings. The first kappa shape index (κ1) is 20.8. The van der Waals surface area contributed by atoms with E-state index in [2.05, 4.69) is 75.1 Å². The Labute approximate surface area is 180 Å². The number of aryl methyl sites for hydroxylation is 3. The zero-order valence-electron chi connectivity index (χ0n) is 18.7. The number of nitrogens with zero attached hydrogens (tertiary/aromatic N) is 3. The first-order valence-electron chi connectivity index (χ1n) is 11.2. The molecule has 0 bridgehead atoms. The zero-order valence-corrected chi connectivity index (χ0v) is 18.7. The van der Waals surface area contributed by atoms with Crippen molar-refractivity contribution >= 4 is 11.6 Å². The van der Waals surface area contributed by atoms with Gasteiger partial charge < -0.3 is 0 Å². The summed E-state index contributed by atoms with van der Waals surface area (Å²) in [6, 6.07) is 14.9. The van der Waals surface area contributed by atoms with E-state index in [1.54, 1.807) is 5.01 Å². The fourth-order valence-corrected chi connectivity index (χ4v) is 4.51. The maximum absolute atomic E-state index is 13.4. The Morgan fingerprint density at radius 2 is 1.67 bits per heavy atom. The second kappa shape index (κ2) is 8.73. The van der Waals surface area contributed by atoms with Crippen LogP contribution >= 0.6 is 0 Å². The van der Waals surface area contributed by atoms with Gasteiger partial charge in [0.15, 0.2) is 0 Å². The van der Waals surface area contributed by atoms with Crippen LogP contribution in [-0.4, -0.2) is 41.2 Å². The van der Waals surface area contributed by atoms with Crippen LogP contribution in [0.4, 0.5) is 0 Å². The van der Waals surface area contributed by atoms with Crippen molar-refractivity contribution in [2.24, 2.45) is 11.0 Å². The molecule has 1 atom stereocenters. The summed E-state index contributed by atoms with van der Waals surface area (Å²) in [5, 5.41) is 6.64. The maximum atomic E-state index is 13.4. The molecular formula is C26H33N3O. The summed E-state index contributed by atoms with van der Waals surface area (Å²) >= 11 is 0. The molecule has 0 saturated carbocycles. The van der Waals surface area contributed by atoms with Gasteiger partial charge in [-0.25, -0.2) is 5.01 Å². The zero-order chi connectivity index (χ0) is 21.3. The number of carbonyl (C=O) groups excluding carboxylic acids is 1. The average molecular weight is 404 g/mol. The molecule has 30 heavy (non-hydrogen) atoms. The van der Waals surface area contributed by atoms with Gasteiger partial charge in [-0.1, -0.05) is 60.5 Å². The first-order chi connectivity index (χ1) is 14.4. The molecule has 2 aliphatic rings. The van der Waals surface area contributed by atoms with Gasteiger partial charge in [0.05, 0.1) is 18.3 Å². The van der Waals surface area contributed by atoms with Crippen LogP contribution in [0.15, 0.2) is 47.6 Å². The van der Waals surface area contributed by atoms with E-state index in [0.717, 1.165) is 36.7 Å². The molecule has 0 aliphatic carbocycles. The van der Waals surface area contributed by atoms with Crippen LogP contribution in [0.25, 0.3) is 0 Å². The lowest BCUT2D eigenvalue weighted by molar-refractivity contribution is -0.134. The number of hydrogen-bond donors (Lipinski definition) is 0. The molecule has 1 amide bonds. The molecule has 2 aliphatic heterocycles. The number of likely N-dealkylation sites (tertiary alicyclic amines) is 1. The normalized spacial score (nSPS) is 20.5. The molecule has 2 heterocycles. The summed E-state index contributed by atoms with van der Waals surface area (Å²) in [5.74, 6) is 0.870. The van der Waals surface area contributed by atoms with Gasteiger partial charge in [-0.3, -0.25) is 9.69 Å². The summed E-state index contributed by atoms with van der Waals surface area (Å²) in [6.07, 6.45) is 3.10. The number of carbonyl (C=O) groups is 1. The molecule has 158 valence electrons. The third-order valence-corrected chi connectivity index (χ3v) is 6.58. The van der Waals surface area contributed by atoms with Crippen molar-refractivity contribution in [1.29, 1.82) is 0 Å². The second-order valence-corrected chi connectivity index (χ2v) is 9.19. The number of piperidine rings is 1. The number of hydrazone groups is 1. The predicted octanol–water partition coefficient (Wildman–Crippen LogP) is 5.02. The van der Waals surface area contributed by atoms with Crippen molar-refractivity contribution in [3.05, 3.63) is 70.3 Å². The van der Waals surface area contributed by atoms with Gasteiger partial charge in [0.1, 0.15) is 0 Å². The van der Waals surface area contributed by atoms with Gasteiger partial charge in [-0.15, -0.1) is 0 Å². The molecule has 0 aromatic heterocycles. The van der Waals surface area contributed by atoms with Crippen molar-refractivity contribution in [2.45, 2.75) is 53.0 Å². The molecule has 2 aromatic carbocycles. The predicted molar refractivity (Wildman–Crippen MR) is 123 cm³/mol. The molecular weight excluding hydrogens is 370 g/mol. The summed E-state index contributed by atoms with van der Waals surface area (Å²) in [7, 11) is 0. The monoisotopic (exact) mass is 403 g/mol. The molecule has 0 radical (unpaired) electrons. The van der Waals surface area contributed by atoms with Crippen LogP contribution in [0, 0.1) is 26.7 Å². The van der Waals surface area contributed by atoms with Gasteiger partial charge in [-0.2, -0.15) is 5.10 Å². The van der Waals surface area contributed by atoms with Crippen molar-refractivity contribution in [3.63, 3.8) is 0 Å². The maximum Gasteiger partial charge on any atom is 0.257 e. The van der Waals surface area contributed by atoms with E-state index >= 15 is 0 Å². The fraction of sp³-hybridized carbons (Fsp3) is 0.462. The lowest BCUT2D eigenvalue weighted by Gasteiger charge is -2.31. The van der Waals surface area contributed by atoms with Gasteiger partial charge in [-0.05, 0) is 69.3 Å². The van der Waals surface area contributed by atoms with Gasteiger partial charge >= 0.3 is 0 Å². The van der Waals surface area contributed by atoms with Crippen LogP contribution in [0.2, 0.25) is 0 Å². The second-order valence-electron chi connectivity index (χ2n) is 9.19. The van der Waals surface area contributed by atoms with E-state index in [1.165, 1.54) is 35.1 Å². The standard InChI is InChI=1S/C26H33N3O/c1-18-6-9-22(10-7-18)24-16-25(23-15-20(3)5-8-21(23)4)29(27-24)26(30)17-28-13-11-19(2)12-14-28/h5-10,15,19,25H,11-14,16-17H2,1-4H3. The fourth-order valence-electron chi connectivity index (χ4n) is 4.51. The SMILES string of the molecule is Cc1ccc(C2=NN(C(=O)CN3CCC(C)CC3)C(c3cc(C)ccc3C)C2)cc1. The van der Waals surface area contributed by atoms with Crippen LogP contribution in [0.1, 0.15) is 60.0 Å². The number of hydrogen-bond acceptors (Lipinski definition) is 3. The molecule has 4 nitrogen and oxygen atoms in total. The molecule has 1 fully saturated rings. The summed E-state index contributed by atoms with van der Waals surface area (Å²) < 4.78 is 0. The lowest BCUT2D eigenvalue weighted by atomic mass is 9.93. The Kier molecular flexibility index (Phi) is 6.05. The van der Waals surface area contributed by atoms with Crippen LogP contribution < -0.4 is 0 Å². The van der Waals surface area contributed by atoms with Crippen molar-refractivity contribution in [2.75, 3.05) is 19.6 Å². The van der Waals surface area contributed by atoms with Crippen molar-refractivity contribution in [1.82, 2.24) is 9.91 Å². The van der Waals surface area contributed by atoms with E-state index in [9.17, 15) is 4.79 Å². The number of rotatable bonds is 4. The third kappa shape index (κ3) is 4.49. The highest BCUT2D eigenvalue weighted by Crippen LogP contribution is 2.35. The van der Waals surface area contributed by atoms with Crippen molar-refractivity contribution < 1.29 is 4.79 Å². The van der Waals surface area contributed by atoms with E-state index < -0.39 is 0 Å². The average Bonchev–Trinajstić information content (AvgIpc) is 3.17. The lowest BCUT2D eigenvalue weighted by Crippen LogP contribution is -2.41. The Morgan fingerprint density at radius 3 is 2.37 bits per heavy atom. The molecule has 0 spiro atoms. The largest absolute Gasteiger partial charge is 0.294 e. The minimum Gasteiger partial charge on any atom is -0.294 e. The highest BCUT2D eigenvalue weighted by atomic mass is 16.2. The Bertz CT molecular complexity index is 939. The molecule has 4 rings (SSSR count). The summed E-state index contributed by atoms with van der Waals surface area (Å²) in [6.45, 7) is 11.1. The molecule has 1 unspecified atom stereocenters. The van der Waals surface area contributed by atoms with Crippen LogP contribution in [0.3, 0.4) is 0 Å². The summed E-state index contributed by atoms with van der Waals surface area (Å²) in [4.78, 5) is 15.7. The smallest absolute Gasteiger partial charge is 0.257 e. The van der Waals surface area contributed by atoms with E-state index in [-0.39, 0.29) is 11.9 Å². The van der Waals surface area contributed by atoms with Crippen LogP contribution in [-0.2, 0) is 4.79 Å². The quantitative estimate of drug-likeness (QED) is 0.718. The Hall–Kier alpha value is -2.46. The number of amides is 1. The minimum atomic E-state index is -0.0302. The first-order valence-corrected chi connectivity index (χ1v) is 11.2. The van der Waals surface area contributed by atoms with Crippen LogP contribution in [0.5, 0.6) is 0 Å². The van der Waals surface area contributed by atoms with Crippen molar-refractivity contribution in [3.8, 4) is 0 Å². The molecule has 0 N–H and O–H groups in total.